The Morgan fingerprint density at radius 2 is 1.11 bits per heavy atom. The minimum absolute atomic E-state index is 0.123. The zero-order valence-corrected chi connectivity index (χ0v) is 12.0. The summed E-state index contributed by atoms with van der Waals surface area (Å²) in [7, 11) is 0. The summed E-state index contributed by atoms with van der Waals surface area (Å²) in [5, 5.41) is 5.72. The van der Waals surface area contributed by atoms with Crippen LogP contribution in [0, 0.1) is 13.8 Å². The predicted octanol–water partition coefficient (Wildman–Crippen LogP) is 5.25. The van der Waals surface area contributed by atoms with Gasteiger partial charge in [0.2, 0.25) is 0 Å². The Bertz CT molecular complexity index is 780. The van der Waals surface area contributed by atoms with E-state index in [0.717, 1.165) is 0 Å². The highest BCUT2D eigenvalue weighted by atomic mass is 14.4. The molecule has 4 rings (SSSR count). The summed E-state index contributed by atoms with van der Waals surface area (Å²) in [5.74, 6) is 0. The van der Waals surface area contributed by atoms with Gasteiger partial charge in [-0.05, 0) is 46.5 Å². The fourth-order valence-corrected chi connectivity index (χ4v) is 3.76. The van der Waals surface area contributed by atoms with Crippen molar-refractivity contribution in [2.24, 2.45) is 0 Å². The quantitative estimate of drug-likeness (QED) is 0.475. The molecule has 0 saturated heterocycles. The zero-order valence-electron chi connectivity index (χ0n) is 12.0. The maximum absolute atomic E-state index is 2.37. The molecule has 0 aromatic heterocycles. The van der Waals surface area contributed by atoms with Crippen LogP contribution in [0.1, 0.15) is 36.1 Å². The lowest BCUT2D eigenvalue weighted by molar-refractivity contribution is 0.661. The summed E-state index contributed by atoms with van der Waals surface area (Å²) in [4.78, 5) is 0. The molecule has 0 radical (unpaired) electrons. The minimum atomic E-state index is 0.123. The largest absolute Gasteiger partial charge is 0.0546 e. The molecular weight excluding hydrogens is 228 g/mol. The van der Waals surface area contributed by atoms with Gasteiger partial charge in [0.25, 0.3) is 0 Å². The molecule has 0 bridgehead atoms. The van der Waals surface area contributed by atoms with Gasteiger partial charge in [-0.15, -0.1) is 0 Å². The van der Waals surface area contributed by atoms with Crippen molar-refractivity contribution in [3.8, 4) is 0 Å². The van der Waals surface area contributed by atoms with E-state index in [9.17, 15) is 0 Å². The molecule has 0 atom stereocenters. The molecule has 0 heterocycles. The van der Waals surface area contributed by atoms with E-state index in [0.29, 0.717) is 0 Å². The first-order valence-electron chi connectivity index (χ1n) is 6.97. The fourth-order valence-electron chi connectivity index (χ4n) is 3.76. The van der Waals surface area contributed by atoms with E-state index in [-0.39, 0.29) is 5.41 Å². The molecule has 0 nitrogen and oxygen atoms in total. The van der Waals surface area contributed by atoms with Gasteiger partial charge in [-0.1, -0.05) is 61.4 Å². The van der Waals surface area contributed by atoms with Crippen LogP contribution in [0.5, 0.6) is 0 Å². The normalized spacial score (nSPS) is 15.8. The highest BCUT2D eigenvalue weighted by Gasteiger charge is 2.34. The van der Waals surface area contributed by atoms with Gasteiger partial charge < -0.3 is 0 Å². The third-order valence-corrected chi connectivity index (χ3v) is 4.67. The summed E-state index contributed by atoms with van der Waals surface area (Å²) in [6.45, 7) is 9.11. The summed E-state index contributed by atoms with van der Waals surface area (Å²) in [6.07, 6.45) is 0. The van der Waals surface area contributed by atoms with Crippen LogP contribution in [0.2, 0.25) is 0 Å². The first-order chi connectivity index (χ1) is 8.98. The maximum atomic E-state index is 2.37. The van der Waals surface area contributed by atoms with Crippen LogP contribution in [0.3, 0.4) is 0 Å². The third kappa shape index (κ3) is 1.24. The van der Waals surface area contributed by atoms with Gasteiger partial charge in [-0.25, -0.2) is 0 Å². The molecule has 3 aromatic rings. The smallest absolute Gasteiger partial charge is 0.0159 e. The van der Waals surface area contributed by atoms with Crippen LogP contribution in [-0.4, -0.2) is 0 Å². The molecule has 3 aromatic carbocycles. The molecule has 0 unspecified atom stereocenters. The van der Waals surface area contributed by atoms with E-state index in [1.807, 2.05) is 0 Å². The summed E-state index contributed by atoms with van der Waals surface area (Å²) in [6, 6.07) is 13.9. The zero-order chi connectivity index (χ0) is 13.4. The van der Waals surface area contributed by atoms with Crippen LogP contribution in [0.15, 0.2) is 36.4 Å². The summed E-state index contributed by atoms with van der Waals surface area (Å²) in [5.41, 5.74) is 5.83. The molecule has 1 aliphatic rings. The van der Waals surface area contributed by atoms with Crippen molar-refractivity contribution in [2.45, 2.75) is 33.1 Å². The monoisotopic (exact) mass is 246 g/mol. The Morgan fingerprint density at radius 1 is 0.684 bits per heavy atom. The van der Waals surface area contributed by atoms with Gasteiger partial charge in [0.1, 0.15) is 0 Å². The van der Waals surface area contributed by atoms with Crippen molar-refractivity contribution >= 4 is 21.5 Å². The molecule has 1 aliphatic carbocycles. The second-order valence-electron chi connectivity index (χ2n) is 6.51. The number of hydrogen-bond donors (Lipinski definition) is 0. The molecule has 0 fully saturated rings. The van der Waals surface area contributed by atoms with E-state index >= 15 is 0 Å². The molecule has 0 spiro atoms. The van der Waals surface area contributed by atoms with Gasteiger partial charge in [-0.3, -0.25) is 0 Å². The highest BCUT2D eigenvalue weighted by molar-refractivity contribution is 6.15. The van der Waals surface area contributed by atoms with Crippen LogP contribution in [0.25, 0.3) is 21.5 Å². The van der Waals surface area contributed by atoms with E-state index in [4.69, 9.17) is 0 Å². The molecule has 94 valence electrons. The van der Waals surface area contributed by atoms with E-state index < -0.39 is 0 Å². The Kier molecular flexibility index (Phi) is 1.86. The maximum Gasteiger partial charge on any atom is 0.0159 e. The second kappa shape index (κ2) is 3.19. The van der Waals surface area contributed by atoms with Crippen LogP contribution in [-0.2, 0) is 5.41 Å². The summed E-state index contributed by atoms with van der Waals surface area (Å²) < 4.78 is 0. The van der Waals surface area contributed by atoms with Crippen molar-refractivity contribution in [3.05, 3.63) is 58.7 Å². The SMILES string of the molecule is Cc1cc2c3c(ccc4cc(C)cc(c43)C2(C)C)c1. The molecule has 0 saturated carbocycles. The second-order valence-corrected chi connectivity index (χ2v) is 6.51. The Balaban J connectivity index is 2.36. The molecule has 0 N–H and O–H groups in total. The first kappa shape index (κ1) is 11.0. The molecule has 0 aliphatic heterocycles. The van der Waals surface area contributed by atoms with Crippen LogP contribution < -0.4 is 0 Å². The number of rotatable bonds is 0. The minimum Gasteiger partial charge on any atom is -0.0546 e. The first-order valence-corrected chi connectivity index (χ1v) is 6.97. The average molecular weight is 246 g/mol. The summed E-state index contributed by atoms with van der Waals surface area (Å²) >= 11 is 0. The van der Waals surface area contributed by atoms with Crippen molar-refractivity contribution in [2.75, 3.05) is 0 Å². The van der Waals surface area contributed by atoms with E-state index in [2.05, 4.69) is 64.1 Å². The molecule has 0 amide bonds. The van der Waals surface area contributed by atoms with Crippen molar-refractivity contribution < 1.29 is 0 Å². The van der Waals surface area contributed by atoms with Gasteiger partial charge in [0.05, 0.1) is 0 Å². The van der Waals surface area contributed by atoms with Crippen LogP contribution >= 0.6 is 0 Å². The standard InChI is InChI=1S/C19H18/c1-11-7-13-5-6-14-8-12(2)10-16-18(14)17(13)15(9-11)19(16,3)4/h5-10H,1-4H3. The molecule has 19 heavy (non-hydrogen) atoms. The molecule has 0 heteroatoms. The number of benzene rings is 3. The fraction of sp³-hybridized carbons (Fsp3) is 0.263. The Labute approximate surface area is 114 Å². The lowest BCUT2D eigenvalue weighted by Gasteiger charge is -2.22. The lowest BCUT2D eigenvalue weighted by Crippen LogP contribution is -2.15. The van der Waals surface area contributed by atoms with E-state index in [1.54, 1.807) is 0 Å². The molecular formula is C19H18. The van der Waals surface area contributed by atoms with E-state index in [1.165, 1.54) is 43.8 Å². The number of hydrogen-bond acceptors (Lipinski definition) is 0. The van der Waals surface area contributed by atoms with Crippen molar-refractivity contribution in [1.82, 2.24) is 0 Å². The van der Waals surface area contributed by atoms with Gasteiger partial charge >= 0.3 is 0 Å². The number of aryl methyl sites for hydroxylation is 2. The van der Waals surface area contributed by atoms with Crippen molar-refractivity contribution in [3.63, 3.8) is 0 Å². The Hall–Kier alpha value is -1.82. The average Bonchev–Trinajstić information content (AvgIpc) is 2.56. The van der Waals surface area contributed by atoms with Gasteiger partial charge in [-0.2, -0.15) is 0 Å². The highest BCUT2D eigenvalue weighted by Crippen LogP contribution is 2.49. The van der Waals surface area contributed by atoms with Gasteiger partial charge in [0, 0.05) is 5.41 Å². The van der Waals surface area contributed by atoms with Crippen LogP contribution in [0.4, 0.5) is 0 Å². The Morgan fingerprint density at radius 3 is 1.53 bits per heavy atom. The third-order valence-electron chi connectivity index (χ3n) is 4.67. The topological polar surface area (TPSA) is 0 Å². The lowest BCUT2D eigenvalue weighted by atomic mass is 9.81. The predicted molar refractivity (Wildman–Crippen MR) is 83.1 cm³/mol. The van der Waals surface area contributed by atoms with Gasteiger partial charge in [0.15, 0.2) is 0 Å². The van der Waals surface area contributed by atoms with Crippen molar-refractivity contribution in [1.29, 1.82) is 0 Å².